The van der Waals surface area contributed by atoms with E-state index >= 15 is 0 Å². The van der Waals surface area contributed by atoms with E-state index < -0.39 is 6.04 Å². The van der Waals surface area contributed by atoms with E-state index in [0.717, 1.165) is 25.1 Å². The molecule has 1 aromatic carbocycles. The fraction of sp³-hybridized carbons (Fsp3) is 0.400. The molecule has 1 aliphatic rings. The van der Waals surface area contributed by atoms with Crippen molar-refractivity contribution < 1.29 is 9.59 Å². The van der Waals surface area contributed by atoms with Crippen molar-refractivity contribution in [2.24, 2.45) is 5.92 Å². The molecule has 0 saturated carbocycles. The normalized spacial score (nSPS) is 21.0. The SMILES string of the molecule is CC1CCNCC1NC(=O)C(Cc1ccccc1)NC(=O)c1cccs1. The summed E-state index contributed by atoms with van der Waals surface area (Å²) in [4.78, 5) is 26.0. The number of nitrogens with one attached hydrogen (secondary N) is 3. The van der Waals surface area contributed by atoms with E-state index in [1.165, 1.54) is 11.3 Å². The maximum Gasteiger partial charge on any atom is 0.262 e. The number of hydrogen-bond acceptors (Lipinski definition) is 4. The minimum absolute atomic E-state index is 0.0909. The Morgan fingerprint density at radius 1 is 1.23 bits per heavy atom. The van der Waals surface area contributed by atoms with Crippen molar-refractivity contribution >= 4 is 23.2 Å². The van der Waals surface area contributed by atoms with Crippen molar-refractivity contribution in [3.63, 3.8) is 0 Å². The van der Waals surface area contributed by atoms with Crippen molar-refractivity contribution in [1.29, 1.82) is 0 Å². The molecule has 0 aliphatic carbocycles. The van der Waals surface area contributed by atoms with Gasteiger partial charge in [0.1, 0.15) is 6.04 Å². The summed E-state index contributed by atoms with van der Waals surface area (Å²) in [6, 6.07) is 12.9. The number of amides is 2. The predicted octanol–water partition coefficient (Wildman–Crippen LogP) is 2.20. The zero-order valence-corrected chi connectivity index (χ0v) is 15.7. The maximum atomic E-state index is 12.9. The van der Waals surface area contributed by atoms with Gasteiger partial charge in [-0.2, -0.15) is 0 Å². The van der Waals surface area contributed by atoms with Gasteiger partial charge in [-0.1, -0.05) is 43.3 Å². The van der Waals surface area contributed by atoms with E-state index in [9.17, 15) is 9.59 Å². The van der Waals surface area contributed by atoms with Crippen molar-refractivity contribution in [3.05, 3.63) is 58.3 Å². The van der Waals surface area contributed by atoms with Crippen LogP contribution in [-0.4, -0.2) is 37.0 Å². The topological polar surface area (TPSA) is 70.2 Å². The van der Waals surface area contributed by atoms with Gasteiger partial charge >= 0.3 is 0 Å². The molecule has 3 rings (SSSR count). The highest BCUT2D eigenvalue weighted by molar-refractivity contribution is 7.12. The van der Waals surface area contributed by atoms with Crippen LogP contribution in [0.1, 0.15) is 28.6 Å². The monoisotopic (exact) mass is 371 g/mol. The van der Waals surface area contributed by atoms with Crippen LogP contribution in [0, 0.1) is 5.92 Å². The highest BCUT2D eigenvalue weighted by Gasteiger charge is 2.28. The van der Waals surface area contributed by atoms with Crippen LogP contribution in [0.3, 0.4) is 0 Å². The summed E-state index contributed by atoms with van der Waals surface area (Å²) in [7, 11) is 0. The molecule has 2 aromatic rings. The number of thiophene rings is 1. The summed E-state index contributed by atoms with van der Waals surface area (Å²) < 4.78 is 0. The highest BCUT2D eigenvalue weighted by Crippen LogP contribution is 2.13. The molecule has 5 nitrogen and oxygen atoms in total. The second-order valence-corrected chi connectivity index (χ2v) is 7.73. The maximum absolute atomic E-state index is 12.9. The average molecular weight is 372 g/mol. The lowest BCUT2D eigenvalue weighted by Crippen LogP contribution is -2.56. The van der Waals surface area contributed by atoms with E-state index in [0.29, 0.717) is 17.2 Å². The summed E-state index contributed by atoms with van der Waals surface area (Å²) >= 11 is 1.37. The summed E-state index contributed by atoms with van der Waals surface area (Å²) in [5.41, 5.74) is 1.02. The van der Waals surface area contributed by atoms with Gasteiger partial charge < -0.3 is 16.0 Å². The molecule has 1 saturated heterocycles. The lowest BCUT2D eigenvalue weighted by molar-refractivity contribution is -0.124. The largest absolute Gasteiger partial charge is 0.350 e. The molecule has 2 amide bonds. The average Bonchev–Trinajstić information content (AvgIpc) is 3.19. The van der Waals surface area contributed by atoms with Crippen LogP contribution >= 0.6 is 11.3 Å². The quantitative estimate of drug-likeness (QED) is 0.729. The number of carbonyl (C=O) groups is 2. The zero-order chi connectivity index (χ0) is 18.4. The molecule has 3 atom stereocenters. The lowest BCUT2D eigenvalue weighted by atomic mass is 9.94. The van der Waals surface area contributed by atoms with Crippen molar-refractivity contribution in [3.8, 4) is 0 Å². The summed E-state index contributed by atoms with van der Waals surface area (Å²) in [6.07, 6.45) is 1.51. The molecular formula is C20H25N3O2S. The van der Waals surface area contributed by atoms with Crippen LogP contribution in [0.25, 0.3) is 0 Å². The van der Waals surface area contributed by atoms with Gasteiger partial charge in [0.05, 0.1) is 4.88 Å². The smallest absolute Gasteiger partial charge is 0.262 e. The number of hydrogen-bond donors (Lipinski definition) is 3. The Bertz CT molecular complexity index is 718. The molecule has 6 heteroatoms. The van der Waals surface area contributed by atoms with Gasteiger partial charge in [0, 0.05) is 19.0 Å². The summed E-state index contributed by atoms with van der Waals surface area (Å²) in [6.45, 7) is 3.90. The Morgan fingerprint density at radius 2 is 2.04 bits per heavy atom. The Balaban J connectivity index is 1.70. The Labute approximate surface area is 158 Å². The van der Waals surface area contributed by atoms with Crippen LogP contribution < -0.4 is 16.0 Å². The predicted molar refractivity (Wildman–Crippen MR) is 104 cm³/mol. The number of carbonyl (C=O) groups excluding carboxylic acids is 2. The van der Waals surface area contributed by atoms with Crippen LogP contribution in [0.15, 0.2) is 47.8 Å². The molecule has 138 valence electrons. The molecule has 2 heterocycles. The third kappa shape index (κ3) is 4.93. The van der Waals surface area contributed by atoms with Gasteiger partial charge in [-0.25, -0.2) is 0 Å². The van der Waals surface area contributed by atoms with E-state index in [2.05, 4.69) is 22.9 Å². The van der Waals surface area contributed by atoms with Gasteiger partial charge in [-0.15, -0.1) is 11.3 Å². The summed E-state index contributed by atoms with van der Waals surface area (Å²) in [5.74, 6) is 0.0933. The minimum Gasteiger partial charge on any atom is -0.350 e. The summed E-state index contributed by atoms with van der Waals surface area (Å²) in [5, 5.41) is 11.2. The fourth-order valence-corrected chi connectivity index (χ4v) is 3.79. The van der Waals surface area contributed by atoms with E-state index in [1.54, 1.807) is 6.07 Å². The third-order valence-electron chi connectivity index (χ3n) is 4.80. The first-order chi connectivity index (χ1) is 12.6. The van der Waals surface area contributed by atoms with Crippen molar-refractivity contribution in [2.45, 2.75) is 31.8 Å². The van der Waals surface area contributed by atoms with E-state index in [-0.39, 0.29) is 17.9 Å². The van der Waals surface area contributed by atoms with Gasteiger partial charge in [-0.3, -0.25) is 9.59 Å². The van der Waals surface area contributed by atoms with Crippen molar-refractivity contribution in [1.82, 2.24) is 16.0 Å². The Kier molecular flexibility index (Phi) is 6.41. The fourth-order valence-electron chi connectivity index (χ4n) is 3.16. The Morgan fingerprint density at radius 3 is 2.73 bits per heavy atom. The van der Waals surface area contributed by atoms with Crippen LogP contribution in [0.5, 0.6) is 0 Å². The molecule has 26 heavy (non-hydrogen) atoms. The molecule has 1 aromatic heterocycles. The molecule has 3 N–H and O–H groups in total. The number of rotatable bonds is 6. The van der Waals surface area contributed by atoms with Gasteiger partial charge in [0.15, 0.2) is 0 Å². The standard InChI is InChI=1S/C20H25N3O2S/c1-14-9-10-21-13-17(14)23-19(24)16(12-15-6-3-2-4-7-15)22-20(25)18-8-5-11-26-18/h2-8,11,14,16-17,21H,9-10,12-13H2,1H3,(H,22,25)(H,23,24). The third-order valence-corrected chi connectivity index (χ3v) is 5.67. The first-order valence-electron chi connectivity index (χ1n) is 9.03. The first-order valence-corrected chi connectivity index (χ1v) is 9.91. The number of piperidine rings is 1. The van der Waals surface area contributed by atoms with Crippen LogP contribution in [0.2, 0.25) is 0 Å². The molecule has 0 radical (unpaired) electrons. The van der Waals surface area contributed by atoms with Crippen LogP contribution in [0.4, 0.5) is 0 Å². The minimum atomic E-state index is -0.596. The molecule has 1 aliphatic heterocycles. The van der Waals surface area contributed by atoms with Gasteiger partial charge in [-0.05, 0) is 35.9 Å². The van der Waals surface area contributed by atoms with E-state index in [4.69, 9.17) is 0 Å². The van der Waals surface area contributed by atoms with Crippen molar-refractivity contribution in [2.75, 3.05) is 13.1 Å². The zero-order valence-electron chi connectivity index (χ0n) is 14.9. The molecule has 3 unspecified atom stereocenters. The van der Waals surface area contributed by atoms with E-state index in [1.807, 2.05) is 41.8 Å². The van der Waals surface area contributed by atoms with Gasteiger partial charge in [0.25, 0.3) is 5.91 Å². The molecule has 1 fully saturated rings. The second kappa shape index (κ2) is 8.96. The van der Waals surface area contributed by atoms with Gasteiger partial charge in [0.2, 0.25) is 5.91 Å². The molecular weight excluding hydrogens is 346 g/mol. The highest BCUT2D eigenvalue weighted by atomic mass is 32.1. The first kappa shape index (κ1) is 18.6. The number of benzene rings is 1. The lowest BCUT2D eigenvalue weighted by Gasteiger charge is -2.31. The van der Waals surface area contributed by atoms with Crippen LogP contribution in [-0.2, 0) is 11.2 Å². The molecule has 0 spiro atoms. The Hall–Kier alpha value is -2.18. The second-order valence-electron chi connectivity index (χ2n) is 6.78. The molecule has 0 bridgehead atoms.